The summed E-state index contributed by atoms with van der Waals surface area (Å²) in [6, 6.07) is 0. The van der Waals surface area contributed by atoms with Gasteiger partial charge in [0.15, 0.2) is 0 Å². The van der Waals surface area contributed by atoms with Gasteiger partial charge in [-0.25, -0.2) is 8.78 Å². The first kappa shape index (κ1) is 12.7. The van der Waals surface area contributed by atoms with Gasteiger partial charge in [-0.15, -0.1) is 0 Å². The Morgan fingerprint density at radius 3 is 2.53 bits per heavy atom. The van der Waals surface area contributed by atoms with E-state index in [9.17, 15) is 8.78 Å². The number of nitrogens with zero attached hydrogens (tertiary/aromatic N) is 1. The predicted octanol–water partition coefficient (Wildman–Crippen LogP) is 3.34. The summed E-state index contributed by atoms with van der Waals surface area (Å²) in [7, 11) is 0. The van der Waals surface area contributed by atoms with Crippen LogP contribution in [0.4, 0.5) is 8.78 Å². The molecule has 0 saturated carbocycles. The molecule has 0 N–H and O–H groups in total. The highest BCUT2D eigenvalue weighted by atomic mass is 19.1. The maximum atomic E-state index is 13.7. The Labute approximate surface area is 102 Å². The van der Waals surface area contributed by atoms with Crippen molar-refractivity contribution >= 4 is 0 Å². The smallest absolute Gasteiger partial charge is 0.129 e. The van der Waals surface area contributed by atoms with E-state index in [4.69, 9.17) is 0 Å². The summed E-state index contributed by atoms with van der Waals surface area (Å²) in [6.07, 6.45) is 4.35. The van der Waals surface area contributed by atoms with Crippen molar-refractivity contribution in [2.45, 2.75) is 26.4 Å². The first-order valence-corrected chi connectivity index (χ1v) is 6.46. The summed E-state index contributed by atoms with van der Waals surface area (Å²) in [5.41, 5.74) is 0. The van der Waals surface area contributed by atoms with Gasteiger partial charge in [0.2, 0.25) is 0 Å². The van der Waals surface area contributed by atoms with E-state index in [-0.39, 0.29) is 5.83 Å². The van der Waals surface area contributed by atoms with Crippen LogP contribution in [0.3, 0.4) is 0 Å². The fraction of sp³-hybridized carbons (Fsp3) is 0.714. The Morgan fingerprint density at radius 2 is 1.94 bits per heavy atom. The zero-order valence-corrected chi connectivity index (χ0v) is 10.6. The van der Waals surface area contributed by atoms with Gasteiger partial charge in [0.05, 0.1) is 5.92 Å². The Balaban J connectivity index is 1.96. The van der Waals surface area contributed by atoms with Crippen LogP contribution in [0, 0.1) is 17.8 Å². The normalized spacial score (nSPS) is 39.2. The van der Waals surface area contributed by atoms with Crippen LogP contribution in [0.15, 0.2) is 24.1 Å². The van der Waals surface area contributed by atoms with Gasteiger partial charge in [-0.2, -0.15) is 0 Å². The summed E-state index contributed by atoms with van der Waals surface area (Å²) >= 11 is 0. The molecule has 2 rings (SSSR count). The van der Waals surface area contributed by atoms with Gasteiger partial charge in [-0.1, -0.05) is 19.9 Å². The van der Waals surface area contributed by atoms with Crippen LogP contribution in [0.5, 0.6) is 0 Å². The molecule has 0 radical (unpaired) electrons. The van der Waals surface area contributed by atoms with E-state index in [1.165, 1.54) is 24.6 Å². The van der Waals surface area contributed by atoms with Gasteiger partial charge >= 0.3 is 0 Å². The zero-order chi connectivity index (χ0) is 12.4. The van der Waals surface area contributed by atoms with Crippen molar-refractivity contribution in [1.82, 2.24) is 4.90 Å². The average Bonchev–Trinajstić information content (AvgIpc) is 2.22. The minimum absolute atomic E-state index is 0.314. The number of halogens is 2. The molecule has 96 valence electrons. The molecule has 2 aliphatic rings. The first-order valence-electron chi connectivity index (χ1n) is 6.46. The van der Waals surface area contributed by atoms with E-state index in [1.54, 1.807) is 0 Å². The molecule has 0 aromatic heterocycles. The SMILES string of the molecule is CC1CC(C)CN(CC2C(F)=CC=CC2F)C1. The highest BCUT2D eigenvalue weighted by Gasteiger charge is 2.30. The number of hydrogen-bond acceptors (Lipinski definition) is 1. The monoisotopic (exact) mass is 241 g/mol. The van der Waals surface area contributed by atoms with Crippen LogP contribution in [0.1, 0.15) is 20.3 Å². The molecule has 4 atom stereocenters. The highest BCUT2D eigenvalue weighted by molar-refractivity contribution is 5.20. The largest absolute Gasteiger partial charge is 0.302 e. The predicted molar refractivity (Wildman–Crippen MR) is 66.1 cm³/mol. The third-order valence-electron chi connectivity index (χ3n) is 3.69. The molecule has 1 fully saturated rings. The van der Waals surface area contributed by atoms with E-state index in [2.05, 4.69) is 18.7 Å². The molecule has 0 bridgehead atoms. The fourth-order valence-electron chi connectivity index (χ4n) is 3.07. The molecule has 0 spiro atoms. The summed E-state index contributed by atoms with van der Waals surface area (Å²) in [5, 5.41) is 0. The third kappa shape index (κ3) is 3.15. The minimum Gasteiger partial charge on any atom is -0.302 e. The number of rotatable bonds is 2. The lowest BCUT2D eigenvalue weighted by Gasteiger charge is -2.37. The molecule has 1 aliphatic heterocycles. The molecule has 1 aliphatic carbocycles. The second-order valence-corrected chi connectivity index (χ2v) is 5.65. The summed E-state index contributed by atoms with van der Waals surface area (Å²) < 4.78 is 27.2. The third-order valence-corrected chi connectivity index (χ3v) is 3.69. The van der Waals surface area contributed by atoms with E-state index in [0.29, 0.717) is 18.4 Å². The molecular formula is C14H21F2N. The molecule has 3 heteroatoms. The standard InChI is InChI=1S/C14H21F2N/c1-10-6-11(2)8-17(7-10)9-12-13(15)4-3-5-14(12)16/h3-5,10-13H,6-9H2,1-2H3. The molecule has 1 nitrogen and oxygen atoms in total. The number of alkyl halides is 1. The van der Waals surface area contributed by atoms with Crippen LogP contribution in [-0.2, 0) is 0 Å². The van der Waals surface area contributed by atoms with Crippen molar-refractivity contribution in [3.63, 3.8) is 0 Å². The molecule has 0 aromatic rings. The Hall–Kier alpha value is -0.700. The Bertz CT molecular complexity index is 314. The van der Waals surface area contributed by atoms with Crippen molar-refractivity contribution in [2.75, 3.05) is 19.6 Å². The number of hydrogen-bond donors (Lipinski definition) is 0. The van der Waals surface area contributed by atoms with Gasteiger partial charge in [0.25, 0.3) is 0 Å². The van der Waals surface area contributed by atoms with Crippen LogP contribution in [0.25, 0.3) is 0 Å². The summed E-state index contributed by atoms with van der Waals surface area (Å²) in [6.45, 7) is 6.85. The lowest BCUT2D eigenvalue weighted by molar-refractivity contribution is 0.106. The molecular weight excluding hydrogens is 220 g/mol. The Morgan fingerprint density at radius 1 is 1.29 bits per heavy atom. The second kappa shape index (κ2) is 5.30. The van der Waals surface area contributed by atoms with Crippen LogP contribution >= 0.6 is 0 Å². The maximum absolute atomic E-state index is 13.7. The molecule has 1 heterocycles. The summed E-state index contributed by atoms with van der Waals surface area (Å²) in [5.74, 6) is 0.342. The van der Waals surface area contributed by atoms with E-state index in [1.807, 2.05) is 0 Å². The quantitative estimate of drug-likeness (QED) is 0.716. The Kier molecular flexibility index (Phi) is 3.97. The minimum atomic E-state index is -1.17. The van der Waals surface area contributed by atoms with Gasteiger partial charge in [0.1, 0.15) is 12.0 Å². The zero-order valence-electron chi connectivity index (χ0n) is 10.6. The lowest BCUT2D eigenvalue weighted by Crippen LogP contribution is -2.43. The van der Waals surface area contributed by atoms with E-state index in [0.717, 1.165) is 13.1 Å². The molecule has 0 aromatic carbocycles. The number of piperidine rings is 1. The fourth-order valence-corrected chi connectivity index (χ4v) is 3.07. The van der Waals surface area contributed by atoms with Crippen molar-refractivity contribution in [2.24, 2.45) is 17.8 Å². The van der Waals surface area contributed by atoms with Gasteiger partial charge in [0, 0.05) is 19.6 Å². The van der Waals surface area contributed by atoms with Crippen molar-refractivity contribution in [3.8, 4) is 0 Å². The van der Waals surface area contributed by atoms with Gasteiger partial charge in [-0.05, 0) is 30.4 Å². The number of likely N-dealkylation sites (tertiary alicyclic amines) is 1. The van der Waals surface area contributed by atoms with Crippen LogP contribution < -0.4 is 0 Å². The lowest BCUT2D eigenvalue weighted by atomic mass is 9.89. The van der Waals surface area contributed by atoms with Crippen molar-refractivity contribution in [3.05, 3.63) is 24.1 Å². The molecule has 1 saturated heterocycles. The summed E-state index contributed by atoms with van der Waals surface area (Å²) in [4.78, 5) is 2.21. The first-order chi connectivity index (χ1) is 8.06. The van der Waals surface area contributed by atoms with E-state index < -0.39 is 12.1 Å². The highest BCUT2D eigenvalue weighted by Crippen LogP contribution is 2.28. The number of allylic oxidation sites excluding steroid dienone is 3. The van der Waals surface area contributed by atoms with Crippen molar-refractivity contribution < 1.29 is 8.78 Å². The molecule has 4 unspecified atom stereocenters. The van der Waals surface area contributed by atoms with Crippen molar-refractivity contribution in [1.29, 1.82) is 0 Å². The maximum Gasteiger partial charge on any atom is 0.129 e. The topological polar surface area (TPSA) is 3.24 Å². The molecule has 17 heavy (non-hydrogen) atoms. The average molecular weight is 241 g/mol. The van der Waals surface area contributed by atoms with Crippen LogP contribution in [-0.4, -0.2) is 30.7 Å². The van der Waals surface area contributed by atoms with Crippen LogP contribution in [0.2, 0.25) is 0 Å². The molecule has 0 amide bonds. The van der Waals surface area contributed by atoms with Gasteiger partial charge in [-0.3, -0.25) is 0 Å². The second-order valence-electron chi connectivity index (χ2n) is 5.65. The van der Waals surface area contributed by atoms with Gasteiger partial charge < -0.3 is 4.90 Å². The van der Waals surface area contributed by atoms with E-state index >= 15 is 0 Å².